The number of aryl methyl sites for hydroxylation is 1. The molecule has 0 bridgehead atoms. The standard InChI is InChI=1S/C20H24N4O4/c1-14-10-21-20(22-11-14)28-16-3-2-6-24(12-16)13-19(25)23-15-4-5-17-18(9-15)27-8-7-26-17/h4-5,9-11,16H,2-3,6-8,12-13H2,1H3,(H,23,25). The van der Waals surface area contributed by atoms with E-state index in [2.05, 4.69) is 20.2 Å². The molecule has 1 aromatic heterocycles. The first kappa shape index (κ1) is 18.5. The second-order valence-electron chi connectivity index (χ2n) is 7.07. The number of anilines is 1. The van der Waals surface area contributed by atoms with Gasteiger partial charge in [0.05, 0.1) is 6.54 Å². The number of amides is 1. The number of aromatic nitrogens is 2. The molecule has 8 nitrogen and oxygen atoms in total. The molecule has 0 radical (unpaired) electrons. The minimum atomic E-state index is -0.0658. The van der Waals surface area contributed by atoms with Crippen molar-refractivity contribution in [2.45, 2.75) is 25.9 Å². The highest BCUT2D eigenvalue weighted by Crippen LogP contribution is 2.32. The molecular weight excluding hydrogens is 360 g/mol. The molecule has 0 aliphatic carbocycles. The molecule has 1 N–H and O–H groups in total. The van der Waals surface area contributed by atoms with Crippen molar-refractivity contribution >= 4 is 11.6 Å². The van der Waals surface area contributed by atoms with Crippen LogP contribution in [0.3, 0.4) is 0 Å². The Morgan fingerprint density at radius 3 is 2.86 bits per heavy atom. The van der Waals surface area contributed by atoms with Crippen molar-refractivity contribution in [1.82, 2.24) is 14.9 Å². The highest BCUT2D eigenvalue weighted by atomic mass is 16.6. The number of benzene rings is 1. The monoisotopic (exact) mass is 384 g/mol. The lowest BCUT2D eigenvalue weighted by atomic mass is 10.1. The molecule has 1 unspecified atom stereocenters. The van der Waals surface area contributed by atoms with Crippen LogP contribution in [0.15, 0.2) is 30.6 Å². The zero-order chi connectivity index (χ0) is 19.3. The van der Waals surface area contributed by atoms with Crippen LogP contribution in [0, 0.1) is 6.92 Å². The van der Waals surface area contributed by atoms with E-state index in [9.17, 15) is 4.79 Å². The highest BCUT2D eigenvalue weighted by Gasteiger charge is 2.24. The lowest BCUT2D eigenvalue weighted by Crippen LogP contribution is -2.44. The summed E-state index contributed by atoms with van der Waals surface area (Å²) < 4.78 is 16.9. The number of hydrogen-bond acceptors (Lipinski definition) is 7. The Hall–Kier alpha value is -2.87. The third-order valence-corrected chi connectivity index (χ3v) is 4.68. The van der Waals surface area contributed by atoms with Crippen LogP contribution in [0.2, 0.25) is 0 Å². The largest absolute Gasteiger partial charge is 0.486 e. The molecule has 3 heterocycles. The van der Waals surface area contributed by atoms with Crippen molar-refractivity contribution in [3.8, 4) is 17.5 Å². The third-order valence-electron chi connectivity index (χ3n) is 4.68. The van der Waals surface area contributed by atoms with Gasteiger partial charge in [-0.3, -0.25) is 9.69 Å². The summed E-state index contributed by atoms with van der Waals surface area (Å²) in [5.74, 6) is 1.30. The van der Waals surface area contributed by atoms with E-state index >= 15 is 0 Å². The second-order valence-corrected chi connectivity index (χ2v) is 7.07. The second kappa shape index (κ2) is 8.43. The van der Waals surface area contributed by atoms with E-state index in [-0.39, 0.29) is 12.0 Å². The first-order valence-corrected chi connectivity index (χ1v) is 9.53. The Bertz CT molecular complexity index is 827. The molecule has 1 saturated heterocycles. The Morgan fingerprint density at radius 2 is 2.04 bits per heavy atom. The van der Waals surface area contributed by atoms with E-state index < -0.39 is 0 Å². The third kappa shape index (κ3) is 4.69. The summed E-state index contributed by atoms with van der Waals surface area (Å²) in [7, 11) is 0. The maximum absolute atomic E-state index is 12.5. The molecule has 8 heteroatoms. The Kier molecular flexibility index (Phi) is 5.57. The first-order chi connectivity index (χ1) is 13.7. The molecule has 1 aromatic carbocycles. The van der Waals surface area contributed by atoms with E-state index in [1.165, 1.54) is 0 Å². The van der Waals surface area contributed by atoms with Gasteiger partial charge in [-0.15, -0.1) is 0 Å². The molecule has 0 saturated carbocycles. The van der Waals surface area contributed by atoms with Crippen LogP contribution in [-0.2, 0) is 4.79 Å². The van der Waals surface area contributed by atoms with E-state index in [0.29, 0.717) is 49.5 Å². The number of rotatable bonds is 5. The van der Waals surface area contributed by atoms with Gasteiger partial charge in [-0.25, -0.2) is 9.97 Å². The minimum absolute atomic E-state index is 0.0152. The van der Waals surface area contributed by atoms with Gasteiger partial charge < -0.3 is 19.5 Å². The van der Waals surface area contributed by atoms with Gasteiger partial charge in [0, 0.05) is 30.7 Å². The van der Waals surface area contributed by atoms with Crippen LogP contribution in [0.25, 0.3) is 0 Å². The van der Waals surface area contributed by atoms with E-state index in [1.54, 1.807) is 18.5 Å². The first-order valence-electron chi connectivity index (χ1n) is 9.53. The summed E-state index contributed by atoms with van der Waals surface area (Å²) in [4.78, 5) is 22.9. The molecule has 1 fully saturated rings. The number of fused-ring (bicyclic) bond motifs is 1. The molecule has 28 heavy (non-hydrogen) atoms. The molecule has 1 atom stereocenters. The SMILES string of the molecule is Cc1cnc(OC2CCCN(CC(=O)Nc3ccc4c(c3)OCCO4)C2)nc1. The fourth-order valence-corrected chi connectivity index (χ4v) is 3.37. The summed E-state index contributed by atoms with van der Waals surface area (Å²) in [6, 6.07) is 5.82. The van der Waals surface area contributed by atoms with Crippen molar-refractivity contribution in [2.24, 2.45) is 0 Å². The molecule has 2 aliphatic rings. The van der Waals surface area contributed by atoms with E-state index in [1.807, 2.05) is 19.1 Å². The molecule has 2 aliphatic heterocycles. The maximum atomic E-state index is 12.5. The number of carbonyl (C=O) groups excluding carboxylic acids is 1. The lowest BCUT2D eigenvalue weighted by molar-refractivity contribution is -0.117. The Morgan fingerprint density at radius 1 is 1.25 bits per heavy atom. The summed E-state index contributed by atoms with van der Waals surface area (Å²) in [5.41, 5.74) is 1.69. The predicted octanol–water partition coefficient (Wildman–Crippen LogP) is 2.04. The summed E-state index contributed by atoms with van der Waals surface area (Å²) in [6.45, 7) is 4.85. The zero-order valence-corrected chi connectivity index (χ0v) is 15.9. The molecule has 0 spiro atoms. The number of hydrogen-bond donors (Lipinski definition) is 1. The molecule has 2 aromatic rings. The number of ether oxygens (including phenoxy) is 3. The smallest absolute Gasteiger partial charge is 0.316 e. The fraction of sp³-hybridized carbons (Fsp3) is 0.450. The maximum Gasteiger partial charge on any atom is 0.316 e. The number of piperidine rings is 1. The van der Waals surface area contributed by atoms with Crippen LogP contribution >= 0.6 is 0 Å². The van der Waals surface area contributed by atoms with Crippen LogP contribution in [0.5, 0.6) is 17.5 Å². The normalized spacial score (nSPS) is 19.1. The van der Waals surface area contributed by atoms with Crippen LogP contribution < -0.4 is 19.5 Å². The molecule has 4 rings (SSSR count). The summed E-state index contributed by atoms with van der Waals surface area (Å²) in [5, 5.41) is 2.93. The molecule has 148 valence electrons. The highest BCUT2D eigenvalue weighted by molar-refractivity contribution is 5.92. The topological polar surface area (TPSA) is 85.8 Å². The van der Waals surface area contributed by atoms with Crippen molar-refractivity contribution in [3.05, 3.63) is 36.2 Å². The van der Waals surface area contributed by atoms with Gasteiger partial charge in [-0.2, -0.15) is 0 Å². The van der Waals surface area contributed by atoms with Gasteiger partial charge in [0.1, 0.15) is 19.3 Å². The van der Waals surface area contributed by atoms with E-state index in [4.69, 9.17) is 14.2 Å². The number of likely N-dealkylation sites (tertiary alicyclic amines) is 1. The Labute approximate surface area is 163 Å². The zero-order valence-electron chi connectivity index (χ0n) is 15.9. The fourth-order valence-electron chi connectivity index (χ4n) is 3.37. The van der Waals surface area contributed by atoms with Gasteiger partial charge in [0.15, 0.2) is 11.5 Å². The van der Waals surface area contributed by atoms with E-state index in [0.717, 1.165) is 24.9 Å². The minimum Gasteiger partial charge on any atom is -0.486 e. The van der Waals surface area contributed by atoms with Gasteiger partial charge in [0.25, 0.3) is 0 Å². The van der Waals surface area contributed by atoms with Crippen molar-refractivity contribution in [2.75, 3.05) is 38.2 Å². The van der Waals surface area contributed by atoms with Crippen LogP contribution in [-0.4, -0.2) is 59.7 Å². The number of carbonyl (C=O) groups is 1. The average molecular weight is 384 g/mol. The van der Waals surface area contributed by atoms with Crippen molar-refractivity contribution in [1.29, 1.82) is 0 Å². The number of nitrogens with one attached hydrogen (secondary N) is 1. The predicted molar refractivity (Wildman–Crippen MR) is 103 cm³/mol. The van der Waals surface area contributed by atoms with Crippen molar-refractivity contribution < 1.29 is 19.0 Å². The Balaban J connectivity index is 1.29. The average Bonchev–Trinajstić information content (AvgIpc) is 2.70. The summed E-state index contributed by atoms with van der Waals surface area (Å²) >= 11 is 0. The van der Waals surface area contributed by atoms with Gasteiger partial charge in [0.2, 0.25) is 5.91 Å². The summed E-state index contributed by atoms with van der Waals surface area (Å²) in [6.07, 6.45) is 5.36. The molecular formula is C20H24N4O4. The quantitative estimate of drug-likeness (QED) is 0.844. The van der Waals surface area contributed by atoms with Crippen LogP contribution in [0.4, 0.5) is 5.69 Å². The van der Waals surface area contributed by atoms with Gasteiger partial charge in [-0.1, -0.05) is 0 Å². The van der Waals surface area contributed by atoms with Gasteiger partial charge in [-0.05, 0) is 44.0 Å². The van der Waals surface area contributed by atoms with Crippen molar-refractivity contribution in [3.63, 3.8) is 0 Å². The lowest BCUT2D eigenvalue weighted by Gasteiger charge is -2.31. The van der Waals surface area contributed by atoms with Gasteiger partial charge >= 0.3 is 6.01 Å². The van der Waals surface area contributed by atoms with Crippen LogP contribution in [0.1, 0.15) is 18.4 Å². The number of nitrogens with zero attached hydrogens (tertiary/aromatic N) is 3. The molecule has 1 amide bonds.